The van der Waals surface area contributed by atoms with Gasteiger partial charge >= 0.3 is 0 Å². The van der Waals surface area contributed by atoms with Gasteiger partial charge in [0.2, 0.25) is 0 Å². The number of benzene rings is 3. The van der Waals surface area contributed by atoms with E-state index in [1.807, 2.05) is 48.5 Å². The monoisotopic (exact) mass is 424 g/mol. The second-order valence-electron chi connectivity index (χ2n) is 6.92. The van der Waals surface area contributed by atoms with Crippen molar-refractivity contribution in [2.24, 2.45) is 0 Å². The van der Waals surface area contributed by atoms with Crippen LogP contribution in [0.25, 0.3) is 10.9 Å². The highest BCUT2D eigenvalue weighted by atomic mass is 35.5. The van der Waals surface area contributed by atoms with Gasteiger partial charge in [0.1, 0.15) is 12.4 Å². The summed E-state index contributed by atoms with van der Waals surface area (Å²) in [5.74, 6) is 0.814. The van der Waals surface area contributed by atoms with E-state index in [0.29, 0.717) is 23.2 Å². The van der Waals surface area contributed by atoms with Gasteiger partial charge in [0.15, 0.2) is 0 Å². The van der Waals surface area contributed by atoms with Crippen LogP contribution in [0, 0.1) is 0 Å². The summed E-state index contributed by atoms with van der Waals surface area (Å²) in [5.41, 5.74) is 4.48. The Labute approximate surface area is 180 Å². The Kier molecular flexibility index (Phi) is 6.40. The molecule has 0 saturated carbocycles. The van der Waals surface area contributed by atoms with E-state index in [4.69, 9.17) is 27.9 Å². The first-order valence-electron chi connectivity index (χ1n) is 9.61. The van der Waals surface area contributed by atoms with Crippen LogP contribution in [0.4, 0.5) is 0 Å². The second kappa shape index (κ2) is 9.36. The minimum atomic E-state index is 0.420. The molecule has 0 fully saturated rings. The van der Waals surface area contributed by atoms with Crippen LogP contribution in [0.15, 0.2) is 72.9 Å². The summed E-state index contributed by atoms with van der Waals surface area (Å²) >= 11 is 12.4. The number of halogens is 2. The Morgan fingerprint density at radius 1 is 0.862 bits per heavy atom. The van der Waals surface area contributed by atoms with Crippen LogP contribution in [0.1, 0.15) is 16.7 Å². The zero-order chi connectivity index (χ0) is 20.1. The molecule has 2 N–H and O–H groups in total. The first kappa shape index (κ1) is 19.8. The van der Waals surface area contributed by atoms with Crippen molar-refractivity contribution in [2.45, 2.75) is 19.6 Å². The molecule has 0 spiro atoms. The Bertz CT molecular complexity index is 1110. The van der Waals surface area contributed by atoms with Gasteiger partial charge in [-0.1, -0.05) is 59.6 Å². The zero-order valence-electron chi connectivity index (χ0n) is 15.9. The van der Waals surface area contributed by atoms with Gasteiger partial charge in [-0.3, -0.25) is 0 Å². The predicted molar refractivity (Wildman–Crippen MR) is 121 cm³/mol. The van der Waals surface area contributed by atoms with Crippen molar-refractivity contribution in [3.63, 3.8) is 0 Å². The van der Waals surface area contributed by atoms with Gasteiger partial charge in [0.05, 0.1) is 0 Å². The number of ether oxygens (including phenoxy) is 1. The number of rotatable bonds is 8. The highest BCUT2D eigenvalue weighted by Crippen LogP contribution is 2.25. The summed E-state index contributed by atoms with van der Waals surface area (Å²) in [7, 11) is 0. The van der Waals surface area contributed by atoms with E-state index in [1.165, 1.54) is 16.5 Å². The van der Waals surface area contributed by atoms with Crippen LogP contribution >= 0.6 is 23.2 Å². The number of aromatic amines is 1. The number of aromatic nitrogens is 1. The molecule has 4 aromatic rings. The molecule has 3 aromatic carbocycles. The Hall–Kier alpha value is -2.46. The van der Waals surface area contributed by atoms with Crippen LogP contribution in [0.3, 0.4) is 0 Å². The molecule has 0 aliphatic rings. The molecule has 0 aliphatic heterocycles. The molecule has 0 radical (unpaired) electrons. The van der Waals surface area contributed by atoms with E-state index < -0.39 is 0 Å². The lowest BCUT2D eigenvalue weighted by Crippen LogP contribution is -2.17. The average Bonchev–Trinajstić information content (AvgIpc) is 3.15. The van der Waals surface area contributed by atoms with E-state index >= 15 is 0 Å². The van der Waals surface area contributed by atoms with Crippen LogP contribution in [0.5, 0.6) is 5.75 Å². The quantitative estimate of drug-likeness (QED) is 0.321. The Morgan fingerprint density at radius 2 is 1.69 bits per heavy atom. The van der Waals surface area contributed by atoms with Crippen LogP contribution < -0.4 is 10.1 Å². The molecule has 0 bridgehead atoms. The predicted octanol–water partition coefficient (Wildman–Crippen LogP) is 6.39. The molecule has 0 amide bonds. The average molecular weight is 425 g/mol. The number of H-pyrrole nitrogens is 1. The van der Waals surface area contributed by atoms with Gasteiger partial charge in [-0.2, -0.15) is 0 Å². The summed E-state index contributed by atoms with van der Waals surface area (Å²) in [6.07, 6.45) is 3.03. The van der Waals surface area contributed by atoms with E-state index in [2.05, 4.69) is 34.7 Å². The zero-order valence-corrected chi connectivity index (χ0v) is 17.4. The first-order chi connectivity index (χ1) is 14.2. The number of fused-ring (bicyclic) bond motifs is 1. The van der Waals surface area contributed by atoms with E-state index in [9.17, 15) is 0 Å². The van der Waals surface area contributed by atoms with Gasteiger partial charge in [-0.15, -0.1) is 0 Å². The second-order valence-corrected chi connectivity index (χ2v) is 7.76. The van der Waals surface area contributed by atoms with Gasteiger partial charge in [0.25, 0.3) is 0 Å². The van der Waals surface area contributed by atoms with Gasteiger partial charge in [0, 0.05) is 44.8 Å². The largest absolute Gasteiger partial charge is 0.489 e. The Balaban J connectivity index is 1.36. The van der Waals surface area contributed by atoms with Gasteiger partial charge in [-0.25, -0.2) is 0 Å². The molecule has 0 saturated heterocycles. The molecule has 4 rings (SSSR count). The fourth-order valence-electron chi connectivity index (χ4n) is 3.38. The molecule has 3 nitrogen and oxygen atoms in total. The number of para-hydroxylation sites is 1. The van der Waals surface area contributed by atoms with Crippen molar-refractivity contribution in [1.29, 1.82) is 0 Å². The maximum absolute atomic E-state index is 6.23. The topological polar surface area (TPSA) is 37.0 Å². The first-order valence-corrected chi connectivity index (χ1v) is 10.4. The number of nitrogens with one attached hydrogen (secondary N) is 2. The maximum atomic E-state index is 6.23. The lowest BCUT2D eigenvalue weighted by atomic mass is 10.1. The minimum Gasteiger partial charge on any atom is -0.489 e. The molecule has 1 heterocycles. The summed E-state index contributed by atoms with van der Waals surface area (Å²) in [4.78, 5) is 3.32. The molecule has 29 heavy (non-hydrogen) atoms. The lowest BCUT2D eigenvalue weighted by Gasteiger charge is -2.13. The molecule has 0 aliphatic carbocycles. The van der Waals surface area contributed by atoms with Crippen LogP contribution in [-0.4, -0.2) is 11.5 Å². The molecule has 0 atom stereocenters. The highest BCUT2D eigenvalue weighted by molar-refractivity contribution is 6.31. The van der Waals surface area contributed by atoms with Crippen molar-refractivity contribution >= 4 is 34.1 Å². The third kappa shape index (κ3) is 4.94. The van der Waals surface area contributed by atoms with Crippen molar-refractivity contribution in [2.75, 3.05) is 6.54 Å². The van der Waals surface area contributed by atoms with Gasteiger partial charge < -0.3 is 15.0 Å². The third-order valence-corrected chi connectivity index (χ3v) is 5.53. The summed E-state index contributed by atoms with van der Waals surface area (Å²) in [6, 6.07) is 21.8. The van der Waals surface area contributed by atoms with Crippen molar-refractivity contribution in [3.8, 4) is 5.75 Å². The molecule has 0 unspecified atom stereocenters. The number of hydrogen-bond donors (Lipinski definition) is 2. The molecular formula is C24H22Cl2N2O. The van der Waals surface area contributed by atoms with Crippen LogP contribution in [-0.2, 0) is 19.6 Å². The highest BCUT2D eigenvalue weighted by Gasteiger charge is 2.08. The smallest absolute Gasteiger partial charge is 0.124 e. The van der Waals surface area contributed by atoms with Crippen molar-refractivity contribution < 1.29 is 4.74 Å². The molecule has 148 valence electrons. The van der Waals surface area contributed by atoms with E-state index in [-0.39, 0.29) is 0 Å². The van der Waals surface area contributed by atoms with Gasteiger partial charge in [-0.05, 0) is 48.9 Å². The molecule has 1 aromatic heterocycles. The van der Waals surface area contributed by atoms with E-state index in [0.717, 1.165) is 29.8 Å². The van der Waals surface area contributed by atoms with Crippen LogP contribution in [0.2, 0.25) is 10.0 Å². The summed E-state index contributed by atoms with van der Waals surface area (Å²) < 4.78 is 6.03. The van der Waals surface area contributed by atoms with Crippen molar-refractivity contribution in [3.05, 3.63) is 99.7 Å². The van der Waals surface area contributed by atoms with E-state index in [1.54, 1.807) is 0 Å². The minimum absolute atomic E-state index is 0.420. The fraction of sp³-hybridized carbons (Fsp3) is 0.167. The molecule has 5 heteroatoms. The standard InChI is InChI=1S/C24H22Cl2N2O/c25-20-9-10-24(29-16-18-5-1-3-7-22(18)26)19(13-20)14-27-12-11-17-15-28-23-8-4-2-6-21(17)23/h1-10,13,15,27-28H,11-12,14,16H2. The SMILES string of the molecule is Clc1ccc(OCc2ccccc2Cl)c(CNCCc2c[nH]c3ccccc23)c1. The van der Waals surface area contributed by atoms with Crippen molar-refractivity contribution in [1.82, 2.24) is 10.3 Å². The lowest BCUT2D eigenvalue weighted by molar-refractivity contribution is 0.302. The maximum Gasteiger partial charge on any atom is 0.124 e. The third-order valence-electron chi connectivity index (χ3n) is 4.93. The summed E-state index contributed by atoms with van der Waals surface area (Å²) in [5, 5.41) is 6.19. The number of hydrogen-bond acceptors (Lipinski definition) is 2. The molecular weight excluding hydrogens is 403 g/mol. The fourth-order valence-corrected chi connectivity index (χ4v) is 3.77. The normalized spacial score (nSPS) is 11.1. The summed E-state index contributed by atoms with van der Waals surface area (Å²) in [6.45, 7) is 1.96. The Morgan fingerprint density at radius 3 is 2.59 bits per heavy atom.